The van der Waals surface area contributed by atoms with E-state index < -0.39 is 0 Å². The van der Waals surface area contributed by atoms with E-state index >= 15 is 0 Å². The normalized spacial score (nSPS) is 18.0. The lowest BCUT2D eigenvalue weighted by Gasteiger charge is -2.33. The average molecular weight is 350 g/mol. The fourth-order valence-electron chi connectivity index (χ4n) is 3.63. The molecule has 5 nitrogen and oxygen atoms in total. The molecule has 1 aromatic heterocycles. The molecule has 26 heavy (non-hydrogen) atoms. The zero-order valence-electron chi connectivity index (χ0n) is 15.3. The maximum atomic E-state index is 12.3. The number of hydrogen-bond donors (Lipinski definition) is 1. The summed E-state index contributed by atoms with van der Waals surface area (Å²) >= 11 is 0. The predicted molar refractivity (Wildman–Crippen MR) is 102 cm³/mol. The summed E-state index contributed by atoms with van der Waals surface area (Å²) in [5.74, 6) is 2.19. The van der Waals surface area contributed by atoms with Crippen LogP contribution < -0.4 is 10.2 Å². The van der Waals surface area contributed by atoms with Gasteiger partial charge in [0.05, 0.1) is 0 Å². The summed E-state index contributed by atoms with van der Waals surface area (Å²) in [7, 11) is 0. The third-order valence-corrected chi connectivity index (χ3v) is 5.28. The SMILES string of the molecule is Cc1nc(C(=O)NC2CC2)cc(N2CCC(Cc3ccccc3)CC2)n1. The molecule has 0 unspecified atom stereocenters. The van der Waals surface area contributed by atoms with Crippen molar-refractivity contribution in [3.05, 3.63) is 53.5 Å². The van der Waals surface area contributed by atoms with Gasteiger partial charge in [-0.3, -0.25) is 4.79 Å². The molecule has 1 saturated heterocycles. The Kier molecular flexibility index (Phi) is 4.87. The number of carbonyl (C=O) groups excluding carboxylic acids is 1. The van der Waals surface area contributed by atoms with Gasteiger partial charge >= 0.3 is 0 Å². The van der Waals surface area contributed by atoms with Crippen LogP contribution >= 0.6 is 0 Å². The van der Waals surface area contributed by atoms with Crippen LogP contribution in [0.3, 0.4) is 0 Å². The second-order valence-corrected chi connectivity index (χ2v) is 7.53. The highest BCUT2D eigenvalue weighted by Crippen LogP contribution is 2.25. The first-order chi connectivity index (χ1) is 12.7. The molecule has 5 heteroatoms. The van der Waals surface area contributed by atoms with E-state index in [-0.39, 0.29) is 5.91 Å². The largest absolute Gasteiger partial charge is 0.356 e. The van der Waals surface area contributed by atoms with Crippen LogP contribution in [0, 0.1) is 12.8 Å². The van der Waals surface area contributed by atoms with Crippen molar-refractivity contribution < 1.29 is 4.79 Å². The molecule has 0 bridgehead atoms. The monoisotopic (exact) mass is 350 g/mol. The summed E-state index contributed by atoms with van der Waals surface area (Å²) < 4.78 is 0. The molecule has 2 aliphatic rings. The highest BCUT2D eigenvalue weighted by Gasteiger charge is 2.26. The smallest absolute Gasteiger partial charge is 0.270 e. The molecule has 0 spiro atoms. The highest BCUT2D eigenvalue weighted by atomic mass is 16.2. The topological polar surface area (TPSA) is 58.1 Å². The van der Waals surface area contributed by atoms with E-state index in [2.05, 4.69) is 50.5 Å². The number of rotatable bonds is 5. The molecule has 136 valence electrons. The summed E-state index contributed by atoms with van der Waals surface area (Å²) in [6.45, 7) is 3.83. The molecule has 1 saturated carbocycles. The van der Waals surface area contributed by atoms with E-state index in [0.717, 1.165) is 51.0 Å². The van der Waals surface area contributed by atoms with Gasteiger partial charge in [0.2, 0.25) is 0 Å². The number of hydrogen-bond acceptors (Lipinski definition) is 4. The van der Waals surface area contributed by atoms with E-state index in [1.807, 2.05) is 13.0 Å². The zero-order chi connectivity index (χ0) is 17.9. The van der Waals surface area contributed by atoms with Crippen LogP contribution in [0.4, 0.5) is 5.82 Å². The van der Waals surface area contributed by atoms with Crippen LogP contribution in [0.25, 0.3) is 0 Å². The number of nitrogens with one attached hydrogen (secondary N) is 1. The summed E-state index contributed by atoms with van der Waals surface area (Å²) in [5, 5.41) is 3.01. The van der Waals surface area contributed by atoms with Gasteiger partial charge in [-0.1, -0.05) is 30.3 Å². The van der Waals surface area contributed by atoms with Crippen molar-refractivity contribution in [2.24, 2.45) is 5.92 Å². The Morgan fingerprint density at radius 2 is 1.85 bits per heavy atom. The Bertz CT molecular complexity index is 765. The lowest BCUT2D eigenvalue weighted by Crippen LogP contribution is -2.35. The number of carbonyl (C=O) groups is 1. The third-order valence-electron chi connectivity index (χ3n) is 5.28. The van der Waals surface area contributed by atoms with Crippen LogP contribution in [-0.2, 0) is 6.42 Å². The minimum atomic E-state index is -0.0711. The Labute approximate surface area is 154 Å². The quantitative estimate of drug-likeness (QED) is 0.900. The number of aromatic nitrogens is 2. The summed E-state index contributed by atoms with van der Waals surface area (Å²) in [6, 6.07) is 12.9. The van der Waals surface area contributed by atoms with Crippen LogP contribution in [0.5, 0.6) is 0 Å². The van der Waals surface area contributed by atoms with Gasteiger partial charge in [0.15, 0.2) is 0 Å². The van der Waals surface area contributed by atoms with Crippen molar-refractivity contribution in [2.45, 2.75) is 45.1 Å². The molecular weight excluding hydrogens is 324 g/mol. The van der Waals surface area contributed by atoms with E-state index in [9.17, 15) is 4.79 Å². The summed E-state index contributed by atoms with van der Waals surface area (Å²) in [4.78, 5) is 23.5. The maximum Gasteiger partial charge on any atom is 0.270 e. The second kappa shape index (κ2) is 7.44. The first-order valence-corrected chi connectivity index (χ1v) is 9.63. The van der Waals surface area contributed by atoms with Gasteiger partial charge < -0.3 is 10.2 Å². The fourth-order valence-corrected chi connectivity index (χ4v) is 3.63. The van der Waals surface area contributed by atoms with Gasteiger partial charge in [-0.2, -0.15) is 0 Å². The zero-order valence-corrected chi connectivity index (χ0v) is 15.3. The highest BCUT2D eigenvalue weighted by molar-refractivity contribution is 5.93. The lowest BCUT2D eigenvalue weighted by molar-refractivity contribution is 0.0945. The molecule has 1 aromatic carbocycles. The number of amides is 1. The maximum absolute atomic E-state index is 12.3. The average Bonchev–Trinajstić information content (AvgIpc) is 3.47. The molecule has 2 aromatic rings. The van der Waals surface area contributed by atoms with Crippen LogP contribution in [0.2, 0.25) is 0 Å². The molecule has 1 aliphatic carbocycles. The third kappa shape index (κ3) is 4.21. The van der Waals surface area contributed by atoms with Crippen molar-refractivity contribution in [3.63, 3.8) is 0 Å². The van der Waals surface area contributed by atoms with Gasteiger partial charge in [-0.25, -0.2) is 9.97 Å². The van der Waals surface area contributed by atoms with Gasteiger partial charge in [-0.05, 0) is 50.5 Å². The molecular formula is C21H26N4O. The van der Waals surface area contributed by atoms with Gasteiger partial charge in [0.25, 0.3) is 5.91 Å². The Hall–Kier alpha value is -2.43. The van der Waals surface area contributed by atoms with Gasteiger partial charge in [-0.15, -0.1) is 0 Å². The van der Waals surface area contributed by atoms with E-state index in [4.69, 9.17) is 0 Å². The number of benzene rings is 1. The number of anilines is 1. The van der Waals surface area contributed by atoms with Crippen LogP contribution in [0.1, 0.15) is 47.6 Å². The summed E-state index contributed by atoms with van der Waals surface area (Å²) in [6.07, 6.45) is 5.62. The molecule has 1 N–H and O–H groups in total. The lowest BCUT2D eigenvalue weighted by atomic mass is 9.90. The van der Waals surface area contributed by atoms with E-state index in [0.29, 0.717) is 23.5 Å². The van der Waals surface area contributed by atoms with Crippen molar-refractivity contribution >= 4 is 11.7 Å². The van der Waals surface area contributed by atoms with E-state index in [1.165, 1.54) is 5.56 Å². The van der Waals surface area contributed by atoms with Crippen molar-refractivity contribution in [2.75, 3.05) is 18.0 Å². The van der Waals surface area contributed by atoms with Crippen molar-refractivity contribution in [1.82, 2.24) is 15.3 Å². The minimum Gasteiger partial charge on any atom is -0.356 e. The summed E-state index contributed by atoms with van der Waals surface area (Å²) in [5.41, 5.74) is 1.91. The van der Waals surface area contributed by atoms with Gasteiger partial charge in [0, 0.05) is 25.2 Å². The molecule has 1 aliphatic heterocycles. The fraction of sp³-hybridized carbons (Fsp3) is 0.476. The molecule has 1 amide bonds. The van der Waals surface area contributed by atoms with Crippen molar-refractivity contribution in [1.29, 1.82) is 0 Å². The molecule has 0 atom stereocenters. The molecule has 4 rings (SSSR count). The molecule has 2 heterocycles. The standard InChI is InChI=1S/C21H26N4O/c1-15-22-19(21(26)24-18-7-8-18)14-20(23-15)25-11-9-17(10-12-25)13-16-5-3-2-4-6-16/h2-6,14,17-18H,7-13H2,1H3,(H,24,26). The van der Waals surface area contributed by atoms with Crippen molar-refractivity contribution in [3.8, 4) is 0 Å². The predicted octanol–water partition coefficient (Wildman–Crippen LogP) is 3.14. The van der Waals surface area contributed by atoms with Crippen LogP contribution in [-0.4, -0.2) is 35.0 Å². The van der Waals surface area contributed by atoms with Gasteiger partial charge in [0.1, 0.15) is 17.3 Å². The molecule has 0 radical (unpaired) electrons. The Morgan fingerprint density at radius 3 is 2.54 bits per heavy atom. The molecule has 2 fully saturated rings. The first kappa shape index (κ1) is 17.0. The Morgan fingerprint density at radius 1 is 1.12 bits per heavy atom. The number of nitrogens with zero attached hydrogens (tertiary/aromatic N) is 3. The Balaban J connectivity index is 1.39. The van der Waals surface area contributed by atoms with E-state index in [1.54, 1.807) is 0 Å². The first-order valence-electron chi connectivity index (χ1n) is 9.63. The minimum absolute atomic E-state index is 0.0711. The van der Waals surface area contributed by atoms with Crippen LogP contribution in [0.15, 0.2) is 36.4 Å². The second-order valence-electron chi connectivity index (χ2n) is 7.53. The number of aryl methyl sites for hydroxylation is 1. The number of piperidine rings is 1.